The molecule has 31 heavy (non-hydrogen) atoms. The van der Waals surface area contributed by atoms with E-state index in [0.717, 1.165) is 16.8 Å². The second-order valence-corrected chi connectivity index (χ2v) is 7.34. The predicted molar refractivity (Wildman–Crippen MR) is 121 cm³/mol. The number of carbonyl (C=O) groups excluding carboxylic acids is 1. The molecule has 3 aromatic carbocycles. The molecule has 0 unspecified atom stereocenters. The van der Waals surface area contributed by atoms with E-state index in [2.05, 4.69) is 26.7 Å². The number of amides is 1. The maximum atomic E-state index is 13.5. The summed E-state index contributed by atoms with van der Waals surface area (Å²) >= 11 is 0. The Kier molecular flexibility index (Phi) is 5.71. The largest absolute Gasteiger partial charge is 0.340 e. The molecule has 4 aromatic rings. The van der Waals surface area contributed by atoms with Crippen LogP contribution in [0.2, 0.25) is 0 Å². The molecular formula is C25H21FN4O. The van der Waals surface area contributed by atoms with Crippen molar-refractivity contribution in [3.8, 4) is 11.3 Å². The highest BCUT2D eigenvalue weighted by Crippen LogP contribution is 2.23. The number of aromatic nitrogens is 2. The van der Waals surface area contributed by atoms with Crippen molar-refractivity contribution in [2.24, 2.45) is 0 Å². The van der Waals surface area contributed by atoms with Crippen LogP contribution in [0.4, 0.5) is 21.6 Å². The van der Waals surface area contributed by atoms with E-state index < -0.39 is 0 Å². The minimum Gasteiger partial charge on any atom is -0.340 e. The second kappa shape index (κ2) is 8.75. The summed E-state index contributed by atoms with van der Waals surface area (Å²) in [7, 11) is 0. The number of aryl methyl sites for hydroxylation is 2. The Balaban J connectivity index is 1.52. The summed E-state index contributed by atoms with van der Waals surface area (Å²) in [4.78, 5) is 21.2. The van der Waals surface area contributed by atoms with Crippen LogP contribution in [0.1, 0.15) is 21.5 Å². The number of nitrogens with zero attached hydrogens (tertiary/aromatic N) is 2. The molecule has 4 rings (SSSR count). The average Bonchev–Trinajstić information content (AvgIpc) is 2.73. The average molecular weight is 412 g/mol. The van der Waals surface area contributed by atoms with E-state index in [-0.39, 0.29) is 11.7 Å². The van der Waals surface area contributed by atoms with Crippen LogP contribution in [0.15, 0.2) is 79.1 Å². The van der Waals surface area contributed by atoms with Gasteiger partial charge in [-0.2, -0.15) is 0 Å². The van der Waals surface area contributed by atoms with Gasteiger partial charge in [0.05, 0.1) is 5.69 Å². The van der Waals surface area contributed by atoms with Crippen LogP contribution < -0.4 is 10.6 Å². The van der Waals surface area contributed by atoms with E-state index in [1.807, 2.05) is 32.0 Å². The van der Waals surface area contributed by atoms with Gasteiger partial charge in [-0.1, -0.05) is 24.3 Å². The van der Waals surface area contributed by atoms with Crippen LogP contribution in [0.5, 0.6) is 0 Å². The highest BCUT2D eigenvalue weighted by atomic mass is 19.1. The van der Waals surface area contributed by atoms with Crippen molar-refractivity contribution < 1.29 is 9.18 Å². The molecule has 0 radical (unpaired) electrons. The Morgan fingerprint density at radius 2 is 1.61 bits per heavy atom. The Morgan fingerprint density at radius 1 is 0.839 bits per heavy atom. The van der Waals surface area contributed by atoms with Crippen LogP contribution in [0.25, 0.3) is 11.3 Å². The minimum atomic E-state index is -0.326. The molecule has 0 aliphatic rings. The first-order valence-electron chi connectivity index (χ1n) is 9.81. The third kappa shape index (κ3) is 5.11. The quantitative estimate of drug-likeness (QED) is 0.429. The number of halogens is 1. The fourth-order valence-corrected chi connectivity index (χ4v) is 3.37. The highest BCUT2D eigenvalue weighted by molar-refractivity contribution is 6.05. The molecule has 0 aliphatic heterocycles. The normalized spacial score (nSPS) is 10.5. The van der Waals surface area contributed by atoms with Gasteiger partial charge in [0.15, 0.2) is 0 Å². The number of benzene rings is 3. The van der Waals surface area contributed by atoms with Crippen molar-refractivity contribution in [1.82, 2.24) is 9.97 Å². The summed E-state index contributed by atoms with van der Waals surface area (Å²) in [6.07, 6.45) is 1.42. The van der Waals surface area contributed by atoms with Gasteiger partial charge >= 0.3 is 0 Å². The smallest absolute Gasteiger partial charge is 0.255 e. The van der Waals surface area contributed by atoms with Gasteiger partial charge in [0.1, 0.15) is 18.0 Å². The molecule has 1 aromatic heterocycles. The molecule has 0 aliphatic carbocycles. The number of carbonyl (C=O) groups is 1. The zero-order valence-corrected chi connectivity index (χ0v) is 17.2. The first kappa shape index (κ1) is 20.2. The van der Waals surface area contributed by atoms with Crippen LogP contribution in [0, 0.1) is 19.7 Å². The van der Waals surface area contributed by atoms with E-state index in [1.165, 1.54) is 18.5 Å². The maximum absolute atomic E-state index is 13.5. The summed E-state index contributed by atoms with van der Waals surface area (Å²) in [6.45, 7) is 3.99. The third-order valence-corrected chi connectivity index (χ3v) is 4.66. The van der Waals surface area contributed by atoms with Gasteiger partial charge in [-0.05, 0) is 67.4 Å². The third-order valence-electron chi connectivity index (χ3n) is 4.66. The van der Waals surface area contributed by atoms with E-state index >= 15 is 0 Å². The van der Waals surface area contributed by atoms with Crippen LogP contribution in [0.3, 0.4) is 0 Å². The van der Waals surface area contributed by atoms with Crippen LogP contribution in [-0.2, 0) is 0 Å². The first-order valence-corrected chi connectivity index (χ1v) is 9.81. The Labute approximate surface area is 180 Å². The van der Waals surface area contributed by atoms with Gasteiger partial charge in [-0.25, -0.2) is 14.4 Å². The van der Waals surface area contributed by atoms with Crippen LogP contribution in [-0.4, -0.2) is 15.9 Å². The monoisotopic (exact) mass is 412 g/mol. The first-order chi connectivity index (χ1) is 15.0. The molecule has 5 nitrogen and oxygen atoms in total. The molecule has 0 fully saturated rings. The lowest BCUT2D eigenvalue weighted by molar-refractivity contribution is 0.102. The molecule has 0 spiro atoms. The second-order valence-electron chi connectivity index (χ2n) is 7.34. The van der Waals surface area contributed by atoms with Gasteiger partial charge in [0.25, 0.3) is 5.91 Å². The zero-order valence-electron chi connectivity index (χ0n) is 17.2. The Bertz CT molecular complexity index is 1240. The molecule has 1 amide bonds. The van der Waals surface area contributed by atoms with Crippen molar-refractivity contribution in [2.45, 2.75) is 13.8 Å². The molecule has 0 saturated heterocycles. The Morgan fingerprint density at radius 3 is 2.39 bits per heavy atom. The number of rotatable bonds is 5. The summed E-state index contributed by atoms with van der Waals surface area (Å²) in [5, 5.41) is 6.12. The predicted octanol–water partition coefficient (Wildman–Crippen LogP) is 5.90. The lowest BCUT2D eigenvalue weighted by atomic mass is 10.1. The van der Waals surface area contributed by atoms with Crippen molar-refractivity contribution in [2.75, 3.05) is 10.6 Å². The van der Waals surface area contributed by atoms with Crippen molar-refractivity contribution in [1.29, 1.82) is 0 Å². The van der Waals surface area contributed by atoms with E-state index in [1.54, 1.807) is 36.4 Å². The lowest BCUT2D eigenvalue weighted by Crippen LogP contribution is -2.12. The molecule has 1 heterocycles. The molecule has 0 atom stereocenters. The van der Waals surface area contributed by atoms with Gasteiger partial charge < -0.3 is 10.6 Å². The number of nitrogens with one attached hydrogen (secondary N) is 2. The number of anilines is 3. The molecule has 0 bridgehead atoms. The fourth-order valence-electron chi connectivity index (χ4n) is 3.37. The molecular weight excluding hydrogens is 391 g/mol. The van der Waals surface area contributed by atoms with E-state index in [0.29, 0.717) is 28.3 Å². The van der Waals surface area contributed by atoms with E-state index in [4.69, 9.17) is 0 Å². The minimum absolute atomic E-state index is 0.197. The summed E-state index contributed by atoms with van der Waals surface area (Å²) in [5.74, 6) is 0.0195. The molecule has 2 N–H and O–H groups in total. The summed E-state index contributed by atoms with van der Waals surface area (Å²) in [6, 6.07) is 21.0. The molecule has 6 heteroatoms. The summed E-state index contributed by atoms with van der Waals surface area (Å²) in [5.41, 5.74) is 5.41. The molecule has 154 valence electrons. The van der Waals surface area contributed by atoms with Crippen molar-refractivity contribution in [3.05, 3.63) is 102 Å². The molecule has 0 saturated carbocycles. The van der Waals surface area contributed by atoms with E-state index in [9.17, 15) is 9.18 Å². The SMILES string of the molecule is Cc1cc(C)cc(NC(=O)c2cccc(Nc3cc(-c4cccc(F)c4)ncn3)c2)c1. The van der Waals surface area contributed by atoms with Gasteiger partial charge in [0.2, 0.25) is 0 Å². The van der Waals surface area contributed by atoms with Gasteiger partial charge in [-0.3, -0.25) is 4.79 Å². The maximum Gasteiger partial charge on any atom is 0.255 e. The number of hydrogen-bond donors (Lipinski definition) is 2. The highest BCUT2D eigenvalue weighted by Gasteiger charge is 2.09. The standard InChI is InChI=1S/C25H21FN4O/c1-16-9-17(2)11-22(10-16)30-25(31)19-6-4-8-21(13-19)29-24-14-23(27-15-28-24)18-5-3-7-20(26)12-18/h3-15H,1-2H3,(H,30,31)(H,27,28,29). The number of hydrogen-bond acceptors (Lipinski definition) is 4. The summed E-state index contributed by atoms with van der Waals surface area (Å²) < 4.78 is 13.5. The van der Waals surface area contributed by atoms with Gasteiger partial charge in [0, 0.05) is 28.6 Å². The van der Waals surface area contributed by atoms with Crippen molar-refractivity contribution >= 4 is 23.1 Å². The Hall–Kier alpha value is -4.06. The topological polar surface area (TPSA) is 66.9 Å². The van der Waals surface area contributed by atoms with Gasteiger partial charge in [-0.15, -0.1) is 0 Å². The van der Waals surface area contributed by atoms with Crippen LogP contribution >= 0.6 is 0 Å². The van der Waals surface area contributed by atoms with Crippen molar-refractivity contribution in [3.63, 3.8) is 0 Å². The lowest BCUT2D eigenvalue weighted by Gasteiger charge is -2.10. The zero-order chi connectivity index (χ0) is 21.8. The fraction of sp³-hybridized carbons (Fsp3) is 0.0800.